The summed E-state index contributed by atoms with van der Waals surface area (Å²) < 4.78 is 5.01. The van der Waals surface area contributed by atoms with E-state index in [1.807, 2.05) is 0 Å². The van der Waals surface area contributed by atoms with Crippen molar-refractivity contribution in [2.75, 3.05) is 17.7 Å². The van der Waals surface area contributed by atoms with E-state index in [0.717, 1.165) is 0 Å². The Hall–Kier alpha value is -2.90. The van der Waals surface area contributed by atoms with E-state index in [9.17, 15) is 14.9 Å². The van der Waals surface area contributed by atoms with E-state index in [2.05, 4.69) is 15.6 Å². The number of nitro benzene ring substituents is 1. The number of aromatic nitrogens is 1. The lowest BCUT2D eigenvalue weighted by molar-refractivity contribution is -0.384. The Kier molecular flexibility index (Phi) is 3.65. The van der Waals surface area contributed by atoms with Crippen LogP contribution in [0.15, 0.2) is 28.9 Å². The number of anilines is 2. The summed E-state index contributed by atoms with van der Waals surface area (Å²) in [5.74, 6) is -0.542. The molecule has 8 heteroatoms. The third-order valence-electron chi connectivity index (χ3n) is 2.57. The van der Waals surface area contributed by atoms with Crippen molar-refractivity contribution in [1.29, 1.82) is 0 Å². The zero-order valence-corrected chi connectivity index (χ0v) is 10.8. The summed E-state index contributed by atoms with van der Waals surface area (Å²) in [5.41, 5.74) is 0.716. The highest BCUT2D eigenvalue weighted by Gasteiger charge is 2.21. The Labute approximate surface area is 114 Å². The van der Waals surface area contributed by atoms with Crippen molar-refractivity contribution >= 4 is 23.3 Å². The first-order chi connectivity index (χ1) is 9.52. The second-order valence-electron chi connectivity index (χ2n) is 3.95. The topological polar surface area (TPSA) is 110 Å². The van der Waals surface area contributed by atoms with Crippen LogP contribution in [0.2, 0.25) is 0 Å². The number of oxazole rings is 1. The molecule has 1 aromatic carbocycles. The second-order valence-corrected chi connectivity index (χ2v) is 3.95. The normalized spacial score (nSPS) is 10.1. The van der Waals surface area contributed by atoms with Gasteiger partial charge in [-0.15, -0.1) is 0 Å². The van der Waals surface area contributed by atoms with Gasteiger partial charge < -0.3 is 9.73 Å². The highest BCUT2D eigenvalue weighted by molar-refractivity contribution is 6.08. The van der Waals surface area contributed by atoms with Gasteiger partial charge in [-0.3, -0.25) is 20.2 Å². The minimum absolute atomic E-state index is 0.0426. The summed E-state index contributed by atoms with van der Waals surface area (Å²) in [6.45, 7) is 1.71. The standard InChI is InChI=1S/C12H12N4O4/c1-7-6-20-12(14-7)15-11(17)8-4-3-5-9(16(18)19)10(8)13-2/h3-6,13H,1-2H3,(H,14,15,17). The number of hydrogen-bond acceptors (Lipinski definition) is 6. The molecule has 0 radical (unpaired) electrons. The number of nitrogens with zero attached hydrogens (tertiary/aromatic N) is 2. The second kappa shape index (κ2) is 5.39. The fourth-order valence-corrected chi connectivity index (χ4v) is 1.72. The van der Waals surface area contributed by atoms with Crippen LogP contribution in [0.25, 0.3) is 0 Å². The number of nitro groups is 1. The first-order valence-corrected chi connectivity index (χ1v) is 5.71. The Bertz CT molecular complexity index is 665. The van der Waals surface area contributed by atoms with Crippen molar-refractivity contribution in [2.45, 2.75) is 6.92 Å². The summed E-state index contributed by atoms with van der Waals surface area (Å²) in [5, 5.41) is 16.0. The monoisotopic (exact) mass is 276 g/mol. The molecule has 1 heterocycles. The minimum Gasteiger partial charge on any atom is -0.432 e. The number of carbonyl (C=O) groups is 1. The molecule has 2 N–H and O–H groups in total. The highest BCUT2D eigenvalue weighted by Crippen LogP contribution is 2.28. The lowest BCUT2D eigenvalue weighted by Gasteiger charge is -2.08. The first kappa shape index (κ1) is 13.5. The van der Waals surface area contributed by atoms with Crippen LogP contribution >= 0.6 is 0 Å². The number of hydrogen-bond donors (Lipinski definition) is 2. The average Bonchev–Trinajstić information content (AvgIpc) is 2.82. The van der Waals surface area contributed by atoms with Crippen LogP contribution in [-0.2, 0) is 0 Å². The highest BCUT2D eigenvalue weighted by atomic mass is 16.6. The van der Waals surface area contributed by atoms with Gasteiger partial charge in [-0.25, -0.2) is 0 Å². The number of amides is 1. The van der Waals surface area contributed by atoms with Crippen molar-refractivity contribution in [3.63, 3.8) is 0 Å². The van der Waals surface area contributed by atoms with Crippen LogP contribution < -0.4 is 10.6 Å². The van der Waals surface area contributed by atoms with Gasteiger partial charge in [-0.2, -0.15) is 4.98 Å². The maximum absolute atomic E-state index is 12.1. The van der Waals surface area contributed by atoms with Crippen LogP contribution in [0.4, 0.5) is 17.4 Å². The van der Waals surface area contributed by atoms with E-state index in [-0.39, 0.29) is 23.0 Å². The zero-order valence-electron chi connectivity index (χ0n) is 10.8. The number of carbonyl (C=O) groups excluding carboxylic acids is 1. The molecule has 1 aromatic heterocycles. The number of para-hydroxylation sites is 1. The van der Waals surface area contributed by atoms with Gasteiger partial charge in [0.05, 0.1) is 16.2 Å². The molecular formula is C12H12N4O4. The largest absolute Gasteiger partial charge is 0.432 e. The average molecular weight is 276 g/mol. The zero-order chi connectivity index (χ0) is 14.7. The number of rotatable bonds is 4. The summed E-state index contributed by atoms with van der Waals surface area (Å²) in [6.07, 6.45) is 1.39. The predicted molar refractivity (Wildman–Crippen MR) is 71.8 cm³/mol. The van der Waals surface area contributed by atoms with Crippen LogP contribution in [-0.4, -0.2) is 22.9 Å². The summed E-state index contributed by atoms with van der Waals surface area (Å²) >= 11 is 0. The fraction of sp³-hybridized carbons (Fsp3) is 0.167. The van der Waals surface area contributed by atoms with Crippen molar-refractivity contribution in [2.24, 2.45) is 0 Å². The molecule has 1 amide bonds. The molecule has 0 atom stereocenters. The maximum atomic E-state index is 12.1. The van der Waals surface area contributed by atoms with Crippen LogP contribution in [0, 0.1) is 17.0 Å². The van der Waals surface area contributed by atoms with Crippen molar-refractivity contribution < 1.29 is 14.1 Å². The van der Waals surface area contributed by atoms with Gasteiger partial charge >= 0.3 is 6.01 Å². The van der Waals surface area contributed by atoms with E-state index in [0.29, 0.717) is 5.69 Å². The Balaban J connectivity index is 2.34. The molecule has 0 fully saturated rings. The minimum atomic E-state index is -0.558. The van der Waals surface area contributed by atoms with Gasteiger partial charge in [0.1, 0.15) is 12.0 Å². The van der Waals surface area contributed by atoms with E-state index in [1.54, 1.807) is 6.92 Å². The van der Waals surface area contributed by atoms with Crippen LogP contribution in [0.5, 0.6) is 0 Å². The van der Waals surface area contributed by atoms with Gasteiger partial charge in [-0.1, -0.05) is 6.07 Å². The van der Waals surface area contributed by atoms with E-state index in [4.69, 9.17) is 4.42 Å². The lowest BCUT2D eigenvalue weighted by Crippen LogP contribution is -2.15. The molecule has 0 aliphatic rings. The molecule has 0 aliphatic carbocycles. The Morgan fingerprint density at radius 1 is 1.45 bits per heavy atom. The molecule has 104 valence electrons. The number of aryl methyl sites for hydroxylation is 1. The maximum Gasteiger partial charge on any atom is 0.301 e. The molecule has 0 spiro atoms. The first-order valence-electron chi connectivity index (χ1n) is 5.71. The van der Waals surface area contributed by atoms with Gasteiger partial charge in [0, 0.05) is 13.1 Å². The van der Waals surface area contributed by atoms with E-state index < -0.39 is 10.8 Å². The summed E-state index contributed by atoms with van der Waals surface area (Å²) in [7, 11) is 1.51. The van der Waals surface area contributed by atoms with Gasteiger partial charge in [0.15, 0.2) is 0 Å². The molecule has 0 aliphatic heterocycles. The SMILES string of the molecule is CNc1c(C(=O)Nc2nc(C)co2)cccc1[N+](=O)[O-]. The number of benzene rings is 1. The Morgan fingerprint density at radius 2 is 2.20 bits per heavy atom. The van der Waals surface area contributed by atoms with Crippen molar-refractivity contribution in [1.82, 2.24) is 4.98 Å². The van der Waals surface area contributed by atoms with Crippen molar-refractivity contribution in [3.8, 4) is 0 Å². The molecular weight excluding hydrogens is 264 g/mol. The van der Waals surface area contributed by atoms with Gasteiger partial charge in [-0.05, 0) is 13.0 Å². The third kappa shape index (κ3) is 2.58. The van der Waals surface area contributed by atoms with Crippen LogP contribution in [0.3, 0.4) is 0 Å². The quantitative estimate of drug-likeness (QED) is 0.654. The molecule has 0 bridgehead atoms. The number of nitrogens with one attached hydrogen (secondary N) is 2. The summed E-state index contributed by atoms with van der Waals surface area (Å²) in [6, 6.07) is 4.28. The molecule has 2 aromatic rings. The summed E-state index contributed by atoms with van der Waals surface area (Å²) in [4.78, 5) is 26.4. The lowest BCUT2D eigenvalue weighted by atomic mass is 10.1. The van der Waals surface area contributed by atoms with E-state index in [1.165, 1.54) is 31.5 Å². The molecule has 0 saturated carbocycles. The smallest absolute Gasteiger partial charge is 0.301 e. The molecule has 2 rings (SSSR count). The molecule has 20 heavy (non-hydrogen) atoms. The van der Waals surface area contributed by atoms with Gasteiger partial charge in [0.25, 0.3) is 11.6 Å². The fourth-order valence-electron chi connectivity index (χ4n) is 1.72. The molecule has 0 saturated heterocycles. The Morgan fingerprint density at radius 3 is 2.75 bits per heavy atom. The molecule has 8 nitrogen and oxygen atoms in total. The van der Waals surface area contributed by atoms with Crippen LogP contribution in [0.1, 0.15) is 16.1 Å². The third-order valence-corrected chi connectivity index (χ3v) is 2.57. The van der Waals surface area contributed by atoms with Crippen molar-refractivity contribution in [3.05, 3.63) is 45.8 Å². The van der Waals surface area contributed by atoms with Gasteiger partial charge in [0.2, 0.25) is 0 Å². The predicted octanol–water partition coefficient (Wildman–Crippen LogP) is 2.19. The van der Waals surface area contributed by atoms with E-state index >= 15 is 0 Å². The molecule has 0 unspecified atom stereocenters.